The summed E-state index contributed by atoms with van der Waals surface area (Å²) < 4.78 is 17.4. The minimum Gasteiger partial charge on any atom is -0.379 e. The average molecular weight is 390 g/mol. The summed E-state index contributed by atoms with van der Waals surface area (Å²) in [4.78, 5) is 4.30. The van der Waals surface area contributed by atoms with E-state index in [-0.39, 0.29) is 18.2 Å². The molecule has 0 aromatic heterocycles. The van der Waals surface area contributed by atoms with Gasteiger partial charge in [0.25, 0.3) is 0 Å². The molecular formula is C22H35N3O3. The minimum atomic E-state index is 0.196. The highest BCUT2D eigenvalue weighted by Crippen LogP contribution is 2.32. The van der Waals surface area contributed by atoms with Gasteiger partial charge in [0.1, 0.15) is 0 Å². The molecule has 2 aliphatic rings. The highest BCUT2D eigenvalue weighted by atomic mass is 16.5. The fourth-order valence-corrected chi connectivity index (χ4v) is 3.78. The number of hydrogen-bond donors (Lipinski definition) is 2. The molecule has 2 N–H and O–H groups in total. The van der Waals surface area contributed by atoms with Crippen molar-refractivity contribution in [2.24, 2.45) is 4.99 Å². The number of nitrogens with zero attached hydrogens (tertiary/aromatic N) is 1. The van der Waals surface area contributed by atoms with Crippen LogP contribution in [0.4, 0.5) is 0 Å². The SMILES string of the molecule is CN=C(NCCCOC1CCCc2ccccc21)NC(C)COC1CCOC1. The van der Waals surface area contributed by atoms with Gasteiger partial charge in [0.05, 0.1) is 25.4 Å². The molecule has 0 radical (unpaired) electrons. The van der Waals surface area contributed by atoms with Gasteiger partial charge in [-0.2, -0.15) is 0 Å². The Morgan fingerprint density at radius 1 is 1.29 bits per heavy atom. The molecule has 6 heteroatoms. The maximum Gasteiger partial charge on any atom is 0.191 e. The van der Waals surface area contributed by atoms with E-state index >= 15 is 0 Å². The van der Waals surface area contributed by atoms with Crippen molar-refractivity contribution >= 4 is 5.96 Å². The number of guanidine groups is 1. The van der Waals surface area contributed by atoms with Gasteiger partial charge in [0, 0.05) is 32.8 Å². The molecule has 1 aromatic rings. The van der Waals surface area contributed by atoms with Crippen LogP contribution in [0.5, 0.6) is 0 Å². The first kappa shape index (κ1) is 21.1. The van der Waals surface area contributed by atoms with E-state index in [2.05, 4.69) is 46.8 Å². The van der Waals surface area contributed by atoms with Crippen molar-refractivity contribution in [2.75, 3.05) is 40.0 Å². The van der Waals surface area contributed by atoms with Gasteiger partial charge in [-0.15, -0.1) is 0 Å². The Balaban J connectivity index is 1.29. The summed E-state index contributed by atoms with van der Waals surface area (Å²) in [6, 6.07) is 8.87. The first-order valence-electron chi connectivity index (χ1n) is 10.6. The molecule has 0 saturated carbocycles. The topological polar surface area (TPSA) is 64.1 Å². The summed E-state index contributed by atoms with van der Waals surface area (Å²) in [5.74, 6) is 0.807. The molecule has 1 aliphatic carbocycles. The van der Waals surface area contributed by atoms with E-state index in [9.17, 15) is 0 Å². The van der Waals surface area contributed by atoms with Crippen LogP contribution in [0.1, 0.15) is 49.8 Å². The zero-order valence-electron chi connectivity index (χ0n) is 17.3. The highest BCUT2D eigenvalue weighted by molar-refractivity contribution is 5.79. The van der Waals surface area contributed by atoms with Crippen molar-refractivity contribution in [2.45, 2.75) is 57.3 Å². The van der Waals surface area contributed by atoms with Crippen molar-refractivity contribution in [3.05, 3.63) is 35.4 Å². The fourth-order valence-electron chi connectivity index (χ4n) is 3.78. The lowest BCUT2D eigenvalue weighted by Crippen LogP contribution is -2.44. The lowest BCUT2D eigenvalue weighted by Gasteiger charge is -2.25. The van der Waals surface area contributed by atoms with E-state index in [1.165, 1.54) is 24.0 Å². The predicted octanol–water partition coefficient (Wildman–Crippen LogP) is 2.83. The molecule has 1 aliphatic heterocycles. The Hall–Kier alpha value is -1.63. The highest BCUT2D eigenvalue weighted by Gasteiger charge is 2.20. The Bertz CT molecular complexity index is 617. The zero-order valence-corrected chi connectivity index (χ0v) is 17.3. The van der Waals surface area contributed by atoms with E-state index in [1.807, 2.05) is 0 Å². The third kappa shape index (κ3) is 6.47. The number of fused-ring (bicyclic) bond motifs is 1. The van der Waals surface area contributed by atoms with Crippen LogP contribution in [0.25, 0.3) is 0 Å². The van der Waals surface area contributed by atoms with Crippen LogP contribution in [0, 0.1) is 0 Å². The Morgan fingerprint density at radius 3 is 3.00 bits per heavy atom. The molecule has 1 saturated heterocycles. The van der Waals surface area contributed by atoms with Crippen LogP contribution in [-0.2, 0) is 20.6 Å². The van der Waals surface area contributed by atoms with Crippen LogP contribution in [0.15, 0.2) is 29.3 Å². The second kappa shape index (κ2) is 11.4. The first-order valence-corrected chi connectivity index (χ1v) is 10.6. The van der Waals surface area contributed by atoms with Gasteiger partial charge in [-0.25, -0.2) is 0 Å². The van der Waals surface area contributed by atoms with E-state index in [0.29, 0.717) is 13.2 Å². The Morgan fingerprint density at radius 2 is 2.18 bits per heavy atom. The number of aryl methyl sites for hydroxylation is 1. The lowest BCUT2D eigenvalue weighted by atomic mass is 9.89. The second-order valence-corrected chi connectivity index (χ2v) is 7.67. The van der Waals surface area contributed by atoms with Gasteiger partial charge in [0.2, 0.25) is 0 Å². The van der Waals surface area contributed by atoms with Crippen LogP contribution in [0.3, 0.4) is 0 Å². The quantitative estimate of drug-likeness (QED) is 0.386. The molecule has 3 rings (SSSR count). The van der Waals surface area contributed by atoms with Crippen LogP contribution >= 0.6 is 0 Å². The van der Waals surface area contributed by atoms with Crippen molar-refractivity contribution in [3.8, 4) is 0 Å². The van der Waals surface area contributed by atoms with Crippen molar-refractivity contribution in [1.82, 2.24) is 10.6 Å². The molecule has 1 fully saturated rings. The monoisotopic (exact) mass is 389 g/mol. The fraction of sp³-hybridized carbons (Fsp3) is 0.682. The molecule has 3 atom stereocenters. The number of aliphatic imine (C=N–C) groups is 1. The summed E-state index contributed by atoms with van der Waals surface area (Å²) in [7, 11) is 1.79. The molecule has 1 aromatic carbocycles. The molecule has 0 bridgehead atoms. The molecule has 28 heavy (non-hydrogen) atoms. The number of rotatable bonds is 9. The number of nitrogens with one attached hydrogen (secondary N) is 2. The summed E-state index contributed by atoms with van der Waals surface area (Å²) in [5, 5.41) is 6.74. The van der Waals surface area contributed by atoms with E-state index < -0.39 is 0 Å². The largest absolute Gasteiger partial charge is 0.379 e. The van der Waals surface area contributed by atoms with Crippen LogP contribution in [-0.4, -0.2) is 58.1 Å². The second-order valence-electron chi connectivity index (χ2n) is 7.67. The van der Waals surface area contributed by atoms with Gasteiger partial charge in [0.15, 0.2) is 5.96 Å². The molecule has 156 valence electrons. The Kier molecular flexibility index (Phi) is 8.58. The summed E-state index contributed by atoms with van der Waals surface area (Å²) >= 11 is 0. The summed E-state index contributed by atoms with van der Waals surface area (Å²) in [6.07, 6.45) is 5.94. The number of ether oxygens (including phenoxy) is 3. The predicted molar refractivity (Wildman–Crippen MR) is 112 cm³/mol. The maximum atomic E-state index is 6.17. The number of hydrogen-bond acceptors (Lipinski definition) is 4. The van der Waals surface area contributed by atoms with Crippen LogP contribution < -0.4 is 10.6 Å². The van der Waals surface area contributed by atoms with E-state index in [1.54, 1.807) is 7.05 Å². The average Bonchev–Trinajstić information content (AvgIpc) is 3.25. The smallest absolute Gasteiger partial charge is 0.191 e. The molecular weight excluding hydrogens is 354 g/mol. The first-order chi connectivity index (χ1) is 13.8. The molecule has 6 nitrogen and oxygen atoms in total. The van der Waals surface area contributed by atoms with Gasteiger partial charge < -0.3 is 24.8 Å². The maximum absolute atomic E-state index is 6.17. The zero-order chi connectivity index (χ0) is 19.6. The number of benzene rings is 1. The van der Waals surface area contributed by atoms with Gasteiger partial charge in [-0.1, -0.05) is 24.3 Å². The van der Waals surface area contributed by atoms with Gasteiger partial charge >= 0.3 is 0 Å². The Labute approximate surface area is 169 Å². The van der Waals surface area contributed by atoms with E-state index in [0.717, 1.165) is 45.0 Å². The van der Waals surface area contributed by atoms with E-state index in [4.69, 9.17) is 14.2 Å². The van der Waals surface area contributed by atoms with Crippen molar-refractivity contribution in [3.63, 3.8) is 0 Å². The third-order valence-electron chi connectivity index (χ3n) is 5.32. The summed E-state index contributed by atoms with van der Waals surface area (Å²) in [5.41, 5.74) is 2.82. The molecule has 3 unspecified atom stereocenters. The van der Waals surface area contributed by atoms with Gasteiger partial charge in [-0.05, 0) is 50.2 Å². The van der Waals surface area contributed by atoms with Gasteiger partial charge in [-0.3, -0.25) is 4.99 Å². The molecule has 1 heterocycles. The standard InChI is InChI=1S/C22H35N3O3/c1-17(15-28-19-11-14-26-16-19)25-22(23-2)24-12-6-13-27-21-10-5-8-18-7-3-4-9-20(18)21/h3-4,7,9,17,19,21H,5-6,8,10-16H2,1-2H3,(H2,23,24,25). The minimum absolute atomic E-state index is 0.196. The van der Waals surface area contributed by atoms with Crippen LogP contribution in [0.2, 0.25) is 0 Å². The molecule has 0 spiro atoms. The lowest BCUT2D eigenvalue weighted by molar-refractivity contribution is 0.0346. The molecule has 0 amide bonds. The van der Waals surface area contributed by atoms with Crippen molar-refractivity contribution in [1.29, 1.82) is 0 Å². The normalized spacial score (nSPS) is 23.3. The third-order valence-corrected chi connectivity index (χ3v) is 5.32. The summed E-state index contributed by atoms with van der Waals surface area (Å²) in [6.45, 7) is 5.86. The van der Waals surface area contributed by atoms with Crippen molar-refractivity contribution < 1.29 is 14.2 Å².